The molecule has 0 saturated heterocycles. The van der Waals surface area contributed by atoms with Crippen LogP contribution < -0.4 is 4.72 Å². The minimum absolute atomic E-state index is 0.000532. The number of benzene rings is 2. The van der Waals surface area contributed by atoms with Crippen molar-refractivity contribution < 1.29 is 13.2 Å². The summed E-state index contributed by atoms with van der Waals surface area (Å²) in [5, 5.41) is 4.54. The largest absolute Gasteiger partial charge is 0.287 e. The first-order chi connectivity index (χ1) is 12.9. The number of Topliss-reactive ketones (excluding diaryl/α,β-unsaturated/α-hetero) is 1. The van der Waals surface area contributed by atoms with Gasteiger partial charge in [0.15, 0.2) is 0 Å². The number of aryl methyl sites for hydroxylation is 1. The van der Waals surface area contributed by atoms with Crippen LogP contribution in [0.5, 0.6) is 0 Å². The van der Waals surface area contributed by atoms with E-state index in [1.54, 1.807) is 22.9 Å². The van der Waals surface area contributed by atoms with Crippen LogP contribution in [0.25, 0.3) is 11.8 Å². The minimum Gasteiger partial charge on any atom is -0.287 e. The Balaban J connectivity index is 1.84. The first kappa shape index (κ1) is 17.2. The van der Waals surface area contributed by atoms with E-state index in [1.165, 1.54) is 12.1 Å². The number of allylic oxidation sites excluding steroid dienone is 1. The molecular weight excluding hydrogens is 362 g/mol. The van der Waals surface area contributed by atoms with E-state index in [2.05, 4.69) is 9.82 Å². The summed E-state index contributed by atoms with van der Waals surface area (Å²) < 4.78 is 29.2. The molecule has 6 nitrogen and oxygen atoms in total. The molecule has 0 amide bonds. The molecule has 1 aromatic heterocycles. The summed E-state index contributed by atoms with van der Waals surface area (Å²) in [7, 11) is -3.78. The van der Waals surface area contributed by atoms with Crippen molar-refractivity contribution in [2.45, 2.75) is 18.7 Å². The number of rotatable bonds is 2. The van der Waals surface area contributed by atoms with Gasteiger partial charge in [-0.3, -0.25) is 9.52 Å². The lowest BCUT2D eigenvalue weighted by Gasteiger charge is -2.19. The van der Waals surface area contributed by atoms with Crippen LogP contribution in [-0.2, 0) is 10.0 Å². The van der Waals surface area contributed by atoms with E-state index in [1.807, 2.05) is 44.2 Å². The van der Waals surface area contributed by atoms with Crippen LogP contribution in [0.4, 0.5) is 0 Å². The zero-order chi connectivity index (χ0) is 19.2. The van der Waals surface area contributed by atoms with Gasteiger partial charge in [0.1, 0.15) is 0 Å². The summed E-state index contributed by atoms with van der Waals surface area (Å²) in [6.07, 6.45) is 1.56. The molecule has 0 unspecified atom stereocenters. The second kappa shape index (κ2) is 6.21. The molecule has 2 aromatic carbocycles. The third-order valence-corrected chi connectivity index (χ3v) is 5.97. The highest BCUT2D eigenvalue weighted by Gasteiger charge is 2.32. The average Bonchev–Trinajstić information content (AvgIpc) is 2.95. The SMILES string of the molecule is Cc1nn(-c2ccccc2)c(C)c1/C=C1\NS(=O)(=O)c2ccccc2C1=O. The molecule has 3 aromatic rings. The number of carbonyl (C=O) groups excluding carboxylic acids is 1. The maximum Gasteiger partial charge on any atom is 0.262 e. The summed E-state index contributed by atoms with van der Waals surface area (Å²) in [5.74, 6) is -0.355. The Labute approximate surface area is 157 Å². The summed E-state index contributed by atoms with van der Waals surface area (Å²) in [6.45, 7) is 3.71. The second-order valence-corrected chi connectivity index (χ2v) is 7.97. The first-order valence-corrected chi connectivity index (χ1v) is 9.87. The number of aromatic nitrogens is 2. The lowest BCUT2D eigenvalue weighted by Crippen LogP contribution is -2.34. The molecule has 7 heteroatoms. The highest BCUT2D eigenvalue weighted by Crippen LogP contribution is 2.27. The number of nitrogens with one attached hydrogen (secondary N) is 1. The Bertz CT molecular complexity index is 1190. The van der Waals surface area contributed by atoms with Gasteiger partial charge in [-0.15, -0.1) is 0 Å². The molecule has 0 spiro atoms. The van der Waals surface area contributed by atoms with Gasteiger partial charge < -0.3 is 0 Å². The third kappa shape index (κ3) is 2.86. The van der Waals surface area contributed by atoms with E-state index in [-0.39, 0.29) is 21.9 Å². The van der Waals surface area contributed by atoms with Crippen molar-refractivity contribution in [3.05, 3.63) is 82.8 Å². The quantitative estimate of drug-likeness (QED) is 0.694. The lowest BCUT2D eigenvalue weighted by molar-refractivity contribution is 0.102. The summed E-state index contributed by atoms with van der Waals surface area (Å²) in [5.41, 5.74) is 3.32. The lowest BCUT2D eigenvalue weighted by atomic mass is 10.1. The van der Waals surface area contributed by atoms with Gasteiger partial charge in [-0.2, -0.15) is 5.10 Å². The predicted octanol–water partition coefficient (Wildman–Crippen LogP) is 3.00. The first-order valence-electron chi connectivity index (χ1n) is 8.38. The summed E-state index contributed by atoms with van der Waals surface area (Å²) in [4.78, 5) is 12.8. The summed E-state index contributed by atoms with van der Waals surface area (Å²) >= 11 is 0. The molecule has 4 rings (SSSR count). The monoisotopic (exact) mass is 379 g/mol. The molecule has 0 aliphatic carbocycles. The Hall–Kier alpha value is -3.19. The zero-order valence-electron chi connectivity index (χ0n) is 14.8. The van der Waals surface area contributed by atoms with Crippen molar-refractivity contribution in [2.75, 3.05) is 0 Å². The normalized spacial score (nSPS) is 16.8. The number of para-hydroxylation sites is 1. The average molecular weight is 379 g/mol. The van der Waals surface area contributed by atoms with Crippen LogP contribution in [0.1, 0.15) is 27.3 Å². The van der Waals surface area contributed by atoms with Crippen LogP contribution in [0.2, 0.25) is 0 Å². The number of carbonyl (C=O) groups is 1. The van der Waals surface area contributed by atoms with Crippen molar-refractivity contribution >= 4 is 21.9 Å². The standard InChI is InChI=1S/C20H17N3O3S/c1-13-17(14(2)23(21-13)15-8-4-3-5-9-15)12-18-20(24)16-10-6-7-11-19(16)27(25,26)22-18/h3-12,22H,1-2H3/b18-12-. The Morgan fingerprint density at radius 2 is 1.67 bits per heavy atom. The molecule has 0 saturated carbocycles. The number of sulfonamides is 1. The topological polar surface area (TPSA) is 81.1 Å². The molecule has 0 bridgehead atoms. The maximum absolute atomic E-state index is 12.8. The molecule has 0 fully saturated rings. The molecule has 1 N–H and O–H groups in total. The fourth-order valence-electron chi connectivity index (χ4n) is 3.20. The highest BCUT2D eigenvalue weighted by atomic mass is 32.2. The fraction of sp³-hybridized carbons (Fsp3) is 0.100. The predicted molar refractivity (Wildman–Crippen MR) is 102 cm³/mol. The van der Waals surface area contributed by atoms with Crippen molar-refractivity contribution in [3.8, 4) is 5.69 Å². The van der Waals surface area contributed by atoms with Gasteiger partial charge in [0, 0.05) is 16.8 Å². The molecular formula is C20H17N3O3S. The van der Waals surface area contributed by atoms with E-state index >= 15 is 0 Å². The van der Waals surface area contributed by atoms with Crippen LogP contribution in [0.15, 0.2) is 65.2 Å². The molecule has 27 heavy (non-hydrogen) atoms. The summed E-state index contributed by atoms with van der Waals surface area (Å²) in [6, 6.07) is 15.8. The molecule has 1 aliphatic rings. The Morgan fingerprint density at radius 3 is 2.41 bits per heavy atom. The van der Waals surface area contributed by atoms with E-state index < -0.39 is 10.0 Å². The van der Waals surface area contributed by atoms with Crippen molar-refractivity contribution in [1.82, 2.24) is 14.5 Å². The third-order valence-electron chi connectivity index (χ3n) is 4.55. The van der Waals surface area contributed by atoms with E-state index in [4.69, 9.17) is 0 Å². The molecule has 0 radical (unpaired) electrons. The van der Waals surface area contributed by atoms with Crippen molar-refractivity contribution in [3.63, 3.8) is 0 Å². The molecule has 136 valence electrons. The number of ketones is 1. The fourth-order valence-corrected chi connectivity index (χ4v) is 4.46. The van der Waals surface area contributed by atoms with Crippen LogP contribution >= 0.6 is 0 Å². The highest BCUT2D eigenvalue weighted by molar-refractivity contribution is 7.90. The van der Waals surface area contributed by atoms with Gasteiger partial charge in [0.2, 0.25) is 5.78 Å². The van der Waals surface area contributed by atoms with E-state index in [0.29, 0.717) is 11.3 Å². The maximum atomic E-state index is 12.8. The number of hydrogen-bond donors (Lipinski definition) is 1. The molecule has 2 heterocycles. The van der Waals surface area contributed by atoms with Crippen LogP contribution in [0.3, 0.4) is 0 Å². The smallest absolute Gasteiger partial charge is 0.262 e. The number of hydrogen-bond acceptors (Lipinski definition) is 4. The second-order valence-electron chi connectivity index (χ2n) is 6.32. The van der Waals surface area contributed by atoms with Gasteiger partial charge in [-0.1, -0.05) is 30.3 Å². The van der Waals surface area contributed by atoms with Gasteiger partial charge in [0.05, 0.1) is 22.0 Å². The molecule has 1 aliphatic heterocycles. The number of fused-ring (bicyclic) bond motifs is 1. The Morgan fingerprint density at radius 1 is 1.00 bits per heavy atom. The molecule has 0 atom stereocenters. The van der Waals surface area contributed by atoms with Gasteiger partial charge in [-0.25, -0.2) is 13.1 Å². The van der Waals surface area contributed by atoms with Gasteiger partial charge >= 0.3 is 0 Å². The Kier molecular flexibility index (Phi) is 3.96. The van der Waals surface area contributed by atoms with Crippen molar-refractivity contribution in [2.24, 2.45) is 0 Å². The van der Waals surface area contributed by atoms with Gasteiger partial charge in [-0.05, 0) is 44.2 Å². The van der Waals surface area contributed by atoms with E-state index in [9.17, 15) is 13.2 Å². The van der Waals surface area contributed by atoms with Crippen LogP contribution in [0, 0.1) is 13.8 Å². The number of nitrogens with zero attached hydrogens (tertiary/aromatic N) is 2. The van der Waals surface area contributed by atoms with Gasteiger partial charge in [0.25, 0.3) is 10.0 Å². The van der Waals surface area contributed by atoms with E-state index in [0.717, 1.165) is 11.4 Å². The zero-order valence-corrected chi connectivity index (χ0v) is 15.6. The van der Waals surface area contributed by atoms with Crippen LogP contribution in [-0.4, -0.2) is 24.0 Å². The van der Waals surface area contributed by atoms with Crippen molar-refractivity contribution in [1.29, 1.82) is 0 Å². The minimum atomic E-state index is -3.78.